The molecule has 0 fully saturated rings. The smallest absolute Gasteiger partial charge is 0.326 e. The Balaban J connectivity index is 5.35. The first kappa shape index (κ1) is 40.4. The number of carbonyl (C=O) groups excluding carboxylic acids is 5. The van der Waals surface area contributed by atoms with Crippen molar-refractivity contribution in [3.05, 3.63) is 0 Å². The summed E-state index contributed by atoms with van der Waals surface area (Å²) in [7, 11) is 0. The molecule has 44 heavy (non-hydrogen) atoms. The number of rotatable bonds is 22. The summed E-state index contributed by atoms with van der Waals surface area (Å²) >= 11 is 5.35. The minimum Gasteiger partial charge on any atom is -0.481 e. The number of amides is 5. The lowest BCUT2D eigenvalue weighted by atomic mass is 10.0. The van der Waals surface area contributed by atoms with Crippen molar-refractivity contribution >= 4 is 71.8 Å². The molecule has 0 aliphatic rings. The van der Waals surface area contributed by atoms with Crippen molar-refractivity contribution in [1.29, 1.82) is 0 Å². The number of thioether (sulfide) groups is 1. The highest BCUT2D eigenvalue weighted by molar-refractivity contribution is 7.98. The van der Waals surface area contributed by atoms with E-state index in [1.807, 2.05) is 13.8 Å². The van der Waals surface area contributed by atoms with Crippen LogP contribution in [0, 0.1) is 5.92 Å². The van der Waals surface area contributed by atoms with Gasteiger partial charge in [0.25, 0.3) is 0 Å². The second kappa shape index (κ2) is 21.2. The Hall–Kier alpha value is -3.58. The lowest BCUT2D eigenvalue weighted by Gasteiger charge is -2.24. The molecule has 0 rings (SSSR count). The zero-order chi connectivity index (χ0) is 34.0. The van der Waals surface area contributed by atoms with Crippen LogP contribution in [0.4, 0.5) is 0 Å². The van der Waals surface area contributed by atoms with E-state index in [0.717, 1.165) is 0 Å². The molecule has 0 saturated heterocycles. The van der Waals surface area contributed by atoms with Crippen molar-refractivity contribution in [2.45, 2.75) is 76.2 Å². The Labute approximate surface area is 264 Å². The molecule has 0 bridgehead atoms. The molecule has 250 valence electrons. The van der Waals surface area contributed by atoms with Crippen molar-refractivity contribution < 1.29 is 53.7 Å². The number of carboxylic acid groups (broad SMARTS) is 3. The molecule has 10 N–H and O–H groups in total. The summed E-state index contributed by atoms with van der Waals surface area (Å²) < 4.78 is 0. The largest absolute Gasteiger partial charge is 0.481 e. The highest BCUT2D eigenvalue weighted by Crippen LogP contribution is 2.06. The minimum absolute atomic E-state index is 0.0501. The predicted molar refractivity (Wildman–Crippen MR) is 162 cm³/mol. The van der Waals surface area contributed by atoms with Gasteiger partial charge in [-0.15, -0.1) is 0 Å². The van der Waals surface area contributed by atoms with Crippen molar-refractivity contribution in [2.24, 2.45) is 11.7 Å². The van der Waals surface area contributed by atoms with Gasteiger partial charge < -0.3 is 47.6 Å². The summed E-state index contributed by atoms with van der Waals surface area (Å²) in [4.78, 5) is 96.7. The number of hydrogen-bond donors (Lipinski definition) is 10. The molecule has 0 aromatic rings. The van der Waals surface area contributed by atoms with Crippen molar-refractivity contribution in [3.63, 3.8) is 0 Å². The molecule has 0 unspecified atom stereocenters. The normalized spacial score (nSPS) is 14.2. The summed E-state index contributed by atoms with van der Waals surface area (Å²) in [6.07, 6.45) is 0.417. The fourth-order valence-corrected chi connectivity index (χ4v) is 4.31. The fourth-order valence-electron chi connectivity index (χ4n) is 3.58. The first-order valence-corrected chi connectivity index (χ1v) is 15.5. The lowest BCUT2D eigenvalue weighted by molar-refractivity contribution is -0.143. The molecule has 0 aromatic heterocycles. The first-order valence-electron chi connectivity index (χ1n) is 13.5. The SMILES string of the molecule is CSCC[C@H](NC(=O)[C@H](CC(=O)O)NC(=O)CNC(=O)[C@H](CS)NC(=O)[C@H](CCC(=O)O)NC(=O)[C@@H](N)CC(C)C)C(=O)O. The topological polar surface area (TPSA) is 283 Å². The van der Waals surface area contributed by atoms with Gasteiger partial charge in [0, 0.05) is 12.2 Å². The van der Waals surface area contributed by atoms with Crippen molar-refractivity contribution in [2.75, 3.05) is 24.3 Å². The third-order valence-corrected chi connectivity index (χ3v) is 6.85. The predicted octanol–water partition coefficient (Wildman–Crippen LogP) is -2.48. The van der Waals surface area contributed by atoms with Crippen molar-refractivity contribution in [3.8, 4) is 0 Å². The summed E-state index contributed by atoms with van der Waals surface area (Å²) in [5.74, 6) is -8.40. The van der Waals surface area contributed by atoms with Gasteiger partial charge in [0.2, 0.25) is 29.5 Å². The van der Waals surface area contributed by atoms with Crippen LogP contribution in [-0.4, -0.2) is 117 Å². The number of carbonyl (C=O) groups is 8. The molecule has 0 aliphatic carbocycles. The second-order valence-corrected chi connectivity index (χ2v) is 11.4. The Morgan fingerprint density at radius 3 is 1.82 bits per heavy atom. The average molecular weight is 667 g/mol. The van der Waals surface area contributed by atoms with Crippen LogP contribution in [0.2, 0.25) is 0 Å². The quantitative estimate of drug-likeness (QED) is 0.0537. The average Bonchev–Trinajstić information content (AvgIpc) is 2.92. The van der Waals surface area contributed by atoms with Crippen LogP contribution in [0.15, 0.2) is 0 Å². The molecule has 0 radical (unpaired) electrons. The van der Waals surface area contributed by atoms with E-state index in [2.05, 4.69) is 39.2 Å². The Kier molecular flexibility index (Phi) is 19.5. The molecule has 0 aromatic carbocycles. The Morgan fingerprint density at radius 1 is 0.750 bits per heavy atom. The summed E-state index contributed by atoms with van der Waals surface area (Å²) in [6, 6.07) is -6.64. The minimum atomic E-state index is -1.66. The van der Waals surface area contributed by atoms with Gasteiger partial charge in [-0.05, 0) is 37.2 Å². The summed E-state index contributed by atoms with van der Waals surface area (Å²) in [6.45, 7) is 2.91. The van der Waals surface area contributed by atoms with Crippen LogP contribution >= 0.6 is 24.4 Å². The van der Waals surface area contributed by atoms with Gasteiger partial charge >= 0.3 is 17.9 Å². The maximum Gasteiger partial charge on any atom is 0.326 e. The van der Waals surface area contributed by atoms with E-state index >= 15 is 0 Å². The van der Waals surface area contributed by atoms with E-state index in [9.17, 15) is 43.5 Å². The fraction of sp³-hybridized carbons (Fsp3) is 0.680. The zero-order valence-electron chi connectivity index (χ0n) is 24.7. The summed E-state index contributed by atoms with van der Waals surface area (Å²) in [5.41, 5.74) is 5.84. The van der Waals surface area contributed by atoms with Gasteiger partial charge in [-0.1, -0.05) is 13.8 Å². The summed E-state index contributed by atoms with van der Waals surface area (Å²) in [5, 5.41) is 38.7. The molecule has 0 saturated carbocycles. The number of thiol groups is 1. The van der Waals surface area contributed by atoms with E-state index in [4.69, 9.17) is 15.9 Å². The van der Waals surface area contributed by atoms with Gasteiger partial charge in [0.05, 0.1) is 19.0 Å². The number of carboxylic acids is 3. The van der Waals surface area contributed by atoms with Crippen LogP contribution < -0.4 is 32.3 Å². The molecule has 19 heteroatoms. The van der Waals surface area contributed by atoms with E-state index in [1.54, 1.807) is 6.26 Å². The lowest BCUT2D eigenvalue weighted by Crippen LogP contribution is -2.57. The molecule has 5 amide bonds. The van der Waals surface area contributed by atoms with Crippen LogP contribution in [0.25, 0.3) is 0 Å². The third kappa shape index (κ3) is 16.9. The Bertz CT molecular complexity index is 1050. The zero-order valence-corrected chi connectivity index (χ0v) is 26.4. The van der Waals surface area contributed by atoms with Crippen LogP contribution in [0.5, 0.6) is 0 Å². The van der Waals surface area contributed by atoms with E-state index in [0.29, 0.717) is 12.2 Å². The van der Waals surface area contributed by atoms with E-state index < -0.39 is 97.0 Å². The molecule has 0 heterocycles. The van der Waals surface area contributed by atoms with Gasteiger partial charge in [-0.25, -0.2) is 4.79 Å². The van der Waals surface area contributed by atoms with Gasteiger partial charge in [0.15, 0.2) is 0 Å². The molecular weight excluding hydrogens is 624 g/mol. The first-order chi connectivity index (χ1) is 20.5. The number of hydrogen-bond acceptors (Lipinski definition) is 11. The maximum absolute atomic E-state index is 12.9. The molecular formula is C25H42N6O11S2. The van der Waals surface area contributed by atoms with Crippen molar-refractivity contribution in [1.82, 2.24) is 26.6 Å². The van der Waals surface area contributed by atoms with Crippen LogP contribution in [0.1, 0.15) is 46.0 Å². The number of nitrogens with one attached hydrogen (secondary N) is 5. The molecule has 5 atom stereocenters. The van der Waals surface area contributed by atoms with E-state index in [-0.39, 0.29) is 24.5 Å². The second-order valence-electron chi connectivity index (χ2n) is 10.1. The molecule has 17 nitrogen and oxygen atoms in total. The van der Waals surface area contributed by atoms with Crippen LogP contribution in [0.3, 0.4) is 0 Å². The third-order valence-electron chi connectivity index (χ3n) is 5.84. The number of aliphatic carboxylic acids is 3. The Morgan fingerprint density at radius 2 is 1.32 bits per heavy atom. The molecule has 0 aliphatic heterocycles. The van der Waals surface area contributed by atoms with Crippen LogP contribution in [-0.2, 0) is 38.4 Å². The maximum atomic E-state index is 12.9. The van der Waals surface area contributed by atoms with Gasteiger partial charge in [0.1, 0.15) is 24.2 Å². The highest BCUT2D eigenvalue weighted by atomic mass is 32.2. The monoisotopic (exact) mass is 666 g/mol. The van der Waals surface area contributed by atoms with Gasteiger partial charge in [-0.3, -0.25) is 33.6 Å². The standard InChI is InChI=1S/C25H42N6O11S2/c1-12(2)8-13(26)21(37)29-14(4-5-19(33)34)23(39)31-17(11-43)22(38)27-10-18(32)28-16(9-20(35)36)24(40)30-15(25(41)42)6-7-44-3/h12-17,43H,4-11,26H2,1-3H3,(H,27,38)(H,28,32)(H,29,37)(H,30,40)(H,31,39)(H,33,34)(H,35,36)(H,41,42)/t13-,14-,15-,16-,17-/m0/s1. The number of nitrogens with two attached hydrogens (primary N) is 1. The van der Waals surface area contributed by atoms with E-state index in [1.165, 1.54) is 11.8 Å². The molecule has 0 spiro atoms. The van der Waals surface area contributed by atoms with Gasteiger partial charge in [-0.2, -0.15) is 24.4 Å². The highest BCUT2D eigenvalue weighted by Gasteiger charge is 2.30.